The van der Waals surface area contributed by atoms with Crippen LogP contribution in [0.1, 0.15) is 24.4 Å². The third kappa shape index (κ3) is 5.93. The van der Waals surface area contributed by atoms with Crippen molar-refractivity contribution < 1.29 is 14.3 Å². The Morgan fingerprint density at radius 2 is 1.90 bits per heavy atom. The Balaban J connectivity index is 1.71. The van der Waals surface area contributed by atoms with E-state index in [9.17, 15) is 4.79 Å². The monoisotopic (exact) mass is 408 g/mol. The standard InChI is InChI=1S/C23H24N2O3S/c1-3-24-22(26)15-28-20-12-10-17(14-21(20)27-4-2)11-13-23-25-19(16-29-23)18-8-6-5-7-9-18/h5-14,16H,3-4,15H2,1-2H3,(H,24,26). The molecule has 5 nitrogen and oxygen atoms in total. The Kier molecular flexibility index (Phi) is 7.41. The quantitative estimate of drug-likeness (QED) is 0.547. The van der Waals surface area contributed by atoms with Gasteiger partial charge >= 0.3 is 0 Å². The number of aromatic nitrogens is 1. The number of amides is 1. The molecular formula is C23H24N2O3S. The Morgan fingerprint density at radius 1 is 1.07 bits per heavy atom. The van der Waals surface area contributed by atoms with Crippen LogP contribution in [0.25, 0.3) is 23.4 Å². The zero-order valence-electron chi connectivity index (χ0n) is 16.6. The van der Waals surface area contributed by atoms with Crippen LogP contribution in [0, 0.1) is 0 Å². The van der Waals surface area contributed by atoms with Crippen molar-refractivity contribution in [2.24, 2.45) is 0 Å². The molecule has 0 saturated carbocycles. The van der Waals surface area contributed by atoms with E-state index in [-0.39, 0.29) is 12.5 Å². The summed E-state index contributed by atoms with van der Waals surface area (Å²) in [5.74, 6) is 1.01. The van der Waals surface area contributed by atoms with Gasteiger partial charge in [0.15, 0.2) is 18.1 Å². The van der Waals surface area contributed by atoms with Gasteiger partial charge in [0.25, 0.3) is 5.91 Å². The Labute approximate surface area is 175 Å². The summed E-state index contributed by atoms with van der Waals surface area (Å²) in [7, 11) is 0. The highest BCUT2D eigenvalue weighted by Gasteiger charge is 2.08. The number of nitrogens with one attached hydrogen (secondary N) is 1. The molecule has 3 aromatic rings. The molecular weight excluding hydrogens is 384 g/mol. The van der Waals surface area contributed by atoms with Crippen LogP contribution < -0.4 is 14.8 Å². The van der Waals surface area contributed by atoms with Crippen molar-refractivity contribution >= 4 is 29.4 Å². The van der Waals surface area contributed by atoms with Gasteiger partial charge in [-0.3, -0.25) is 4.79 Å². The Hall–Kier alpha value is -3.12. The molecule has 1 aromatic heterocycles. The fourth-order valence-electron chi connectivity index (χ4n) is 2.68. The maximum absolute atomic E-state index is 11.6. The predicted octanol–water partition coefficient (Wildman–Crippen LogP) is 4.89. The summed E-state index contributed by atoms with van der Waals surface area (Å²) >= 11 is 1.60. The highest BCUT2D eigenvalue weighted by atomic mass is 32.1. The molecule has 0 saturated heterocycles. The van der Waals surface area contributed by atoms with Crippen molar-refractivity contribution in [3.8, 4) is 22.8 Å². The molecule has 0 aliphatic heterocycles. The zero-order chi connectivity index (χ0) is 20.5. The summed E-state index contributed by atoms with van der Waals surface area (Å²) in [6.07, 6.45) is 3.97. The van der Waals surface area contributed by atoms with Crippen molar-refractivity contribution in [3.63, 3.8) is 0 Å². The van der Waals surface area contributed by atoms with Crippen molar-refractivity contribution in [2.45, 2.75) is 13.8 Å². The van der Waals surface area contributed by atoms with E-state index >= 15 is 0 Å². The van der Waals surface area contributed by atoms with E-state index in [0.717, 1.165) is 21.8 Å². The third-order valence-electron chi connectivity index (χ3n) is 4.01. The number of benzene rings is 2. The van der Waals surface area contributed by atoms with Gasteiger partial charge < -0.3 is 14.8 Å². The van der Waals surface area contributed by atoms with Gasteiger partial charge in [-0.2, -0.15) is 0 Å². The summed E-state index contributed by atoms with van der Waals surface area (Å²) in [4.78, 5) is 16.3. The minimum atomic E-state index is -0.156. The molecule has 0 fully saturated rings. The molecule has 150 valence electrons. The number of carbonyl (C=O) groups excluding carboxylic acids is 1. The van der Waals surface area contributed by atoms with Crippen LogP contribution in [0.2, 0.25) is 0 Å². The maximum atomic E-state index is 11.6. The van der Waals surface area contributed by atoms with Gasteiger partial charge in [0.05, 0.1) is 12.3 Å². The summed E-state index contributed by atoms with van der Waals surface area (Å²) < 4.78 is 11.3. The zero-order valence-corrected chi connectivity index (χ0v) is 17.4. The van der Waals surface area contributed by atoms with E-state index in [1.807, 2.05) is 62.4 Å². The lowest BCUT2D eigenvalue weighted by Crippen LogP contribution is -2.28. The van der Waals surface area contributed by atoms with E-state index in [2.05, 4.69) is 27.8 Å². The second kappa shape index (κ2) is 10.4. The van der Waals surface area contributed by atoms with E-state index in [1.54, 1.807) is 11.3 Å². The first-order chi connectivity index (χ1) is 14.2. The molecule has 1 N–H and O–H groups in total. The topological polar surface area (TPSA) is 60.5 Å². The first kappa shape index (κ1) is 20.6. The molecule has 6 heteroatoms. The summed E-state index contributed by atoms with van der Waals surface area (Å²) in [6.45, 7) is 4.84. The van der Waals surface area contributed by atoms with Gasteiger partial charge in [-0.05, 0) is 37.6 Å². The third-order valence-corrected chi connectivity index (χ3v) is 4.82. The molecule has 29 heavy (non-hydrogen) atoms. The van der Waals surface area contributed by atoms with Crippen LogP contribution in [0.5, 0.6) is 11.5 Å². The van der Waals surface area contributed by atoms with Gasteiger partial charge in [0, 0.05) is 17.5 Å². The molecule has 2 aromatic carbocycles. The number of carbonyl (C=O) groups is 1. The van der Waals surface area contributed by atoms with Gasteiger partial charge in [0.1, 0.15) is 5.01 Å². The second-order valence-electron chi connectivity index (χ2n) is 6.15. The number of rotatable bonds is 9. The van der Waals surface area contributed by atoms with Crippen molar-refractivity contribution in [2.75, 3.05) is 19.8 Å². The summed E-state index contributed by atoms with van der Waals surface area (Å²) in [5, 5.41) is 5.69. The average molecular weight is 409 g/mol. The smallest absolute Gasteiger partial charge is 0.257 e. The first-order valence-electron chi connectivity index (χ1n) is 9.55. The summed E-state index contributed by atoms with van der Waals surface area (Å²) in [5.41, 5.74) is 3.05. The SMILES string of the molecule is CCNC(=O)COc1ccc(C=Cc2nc(-c3ccccc3)cs2)cc1OCC. The normalized spacial score (nSPS) is 10.8. The summed E-state index contributed by atoms with van der Waals surface area (Å²) in [6, 6.07) is 15.8. The lowest BCUT2D eigenvalue weighted by Gasteiger charge is -2.12. The fraction of sp³-hybridized carbons (Fsp3) is 0.217. The van der Waals surface area contributed by atoms with E-state index in [1.165, 1.54) is 0 Å². The van der Waals surface area contributed by atoms with Crippen molar-refractivity contribution in [1.29, 1.82) is 0 Å². The van der Waals surface area contributed by atoms with Crippen LogP contribution in [-0.4, -0.2) is 30.6 Å². The number of thiazole rings is 1. The molecule has 0 spiro atoms. The van der Waals surface area contributed by atoms with Crippen LogP contribution in [0.4, 0.5) is 0 Å². The molecule has 1 amide bonds. The highest BCUT2D eigenvalue weighted by molar-refractivity contribution is 7.10. The van der Waals surface area contributed by atoms with Gasteiger partial charge in [-0.1, -0.05) is 42.5 Å². The fourth-order valence-corrected chi connectivity index (χ4v) is 3.40. The van der Waals surface area contributed by atoms with Crippen LogP contribution in [-0.2, 0) is 4.79 Å². The number of hydrogen-bond donors (Lipinski definition) is 1. The van der Waals surface area contributed by atoms with E-state index in [0.29, 0.717) is 24.7 Å². The lowest BCUT2D eigenvalue weighted by atomic mass is 10.2. The first-order valence-corrected chi connectivity index (χ1v) is 10.4. The number of likely N-dealkylation sites (N-methyl/N-ethyl adjacent to an activating group) is 1. The molecule has 0 unspecified atom stereocenters. The van der Waals surface area contributed by atoms with Crippen LogP contribution >= 0.6 is 11.3 Å². The van der Waals surface area contributed by atoms with E-state index in [4.69, 9.17) is 9.47 Å². The van der Waals surface area contributed by atoms with Crippen molar-refractivity contribution in [3.05, 3.63) is 64.5 Å². The average Bonchev–Trinajstić information content (AvgIpc) is 3.22. The second-order valence-corrected chi connectivity index (χ2v) is 7.04. The van der Waals surface area contributed by atoms with Crippen LogP contribution in [0.3, 0.4) is 0 Å². The van der Waals surface area contributed by atoms with E-state index < -0.39 is 0 Å². The lowest BCUT2D eigenvalue weighted by molar-refractivity contribution is -0.123. The van der Waals surface area contributed by atoms with Crippen molar-refractivity contribution in [1.82, 2.24) is 10.3 Å². The van der Waals surface area contributed by atoms with Gasteiger partial charge in [-0.15, -0.1) is 11.3 Å². The molecule has 0 atom stereocenters. The highest BCUT2D eigenvalue weighted by Crippen LogP contribution is 2.30. The molecule has 0 bridgehead atoms. The van der Waals surface area contributed by atoms with Gasteiger partial charge in [-0.25, -0.2) is 4.98 Å². The van der Waals surface area contributed by atoms with Crippen LogP contribution in [0.15, 0.2) is 53.9 Å². The minimum absolute atomic E-state index is 0.0372. The number of nitrogens with zero attached hydrogens (tertiary/aromatic N) is 1. The molecule has 0 radical (unpaired) electrons. The Bertz CT molecular complexity index is 967. The number of hydrogen-bond acceptors (Lipinski definition) is 5. The minimum Gasteiger partial charge on any atom is -0.490 e. The molecule has 1 heterocycles. The Morgan fingerprint density at radius 3 is 2.66 bits per heavy atom. The molecule has 0 aliphatic rings. The predicted molar refractivity (Wildman–Crippen MR) is 118 cm³/mol. The molecule has 3 rings (SSSR count). The largest absolute Gasteiger partial charge is 0.490 e. The molecule has 0 aliphatic carbocycles. The van der Waals surface area contributed by atoms with Gasteiger partial charge in [0.2, 0.25) is 0 Å². The number of ether oxygens (including phenoxy) is 2. The maximum Gasteiger partial charge on any atom is 0.257 e.